The third-order valence-corrected chi connectivity index (χ3v) is 3.55. The maximum absolute atomic E-state index is 12.4. The molecule has 0 fully saturated rings. The van der Waals surface area contributed by atoms with E-state index in [1.165, 1.54) is 5.56 Å². The van der Waals surface area contributed by atoms with Gasteiger partial charge in [0.1, 0.15) is 0 Å². The average Bonchev–Trinajstić information content (AvgIpc) is 2.92. The summed E-state index contributed by atoms with van der Waals surface area (Å²) < 4.78 is 1.79. The van der Waals surface area contributed by atoms with Crippen LogP contribution in [0.1, 0.15) is 23.0 Å². The standard InChI is InChI=1S/C15H18N4O/c1-2-19-10-13-14(17-19)15(20)18(11-16-13)9-8-12-6-4-3-5-7-12/h3-7,10,16H,2,8-9,11H2,1H3. The number of aromatic nitrogens is 2. The fraction of sp³-hybridized carbons (Fsp3) is 0.333. The minimum atomic E-state index is 0.0156. The number of carbonyl (C=O) groups is 1. The van der Waals surface area contributed by atoms with Gasteiger partial charge in [-0.05, 0) is 18.9 Å². The van der Waals surface area contributed by atoms with Gasteiger partial charge < -0.3 is 10.2 Å². The Labute approximate surface area is 118 Å². The number of amides is 1. The molecule has 0 atom stereocenters. The first-order valence-electron chi connectivity index (χ1n) is 6.92. The van der Waals surface area contributed by atoms with E-state index in [4.69, 9.17) is 0 Å². The highest BCUT2D eigenvalue weighted by atomic mass is 16.2. The van der Waals surface area contributed by atoms with Crippen molar-refractivity contribution in [2.24, 2.45) is 0 Å². The van der Waals surface area contributed by atoms with Crippen molar-refractivity contribution in [2.75, 3.05) is 18.5 Å². The van der Waals surface area contributed by atoms with Gasteiger partial charge in [0, 0.05) is 19.3 Å². The van der Waals surface area contributed by atoms with E-state index in [1.54, 1.807) is 4.68 Å². The highest BCUT2D eigenvalue weighted by Gasteiger charge is 2.26. The van der Waals surface area contributed by atoms with E-state index >= 15 is 0 Å². The van der Waals surface area contributed by atoms with E-state index in [-0.39, 0.29) is 5.91 Å². The first-order chi connectivity index (χ1) is 9.78. The number of anilines is 1. The first kappa shape index (κ1) is 12.7. The smallest absolute Gasteiger partial charge is 0.277 e. The highest BCUT2D eigenvalue weighted by molar-refractivity contribution is 5.99. The molecule has 0 radical (unpaired) electrons. The lowest BCUT2D eigenvalue weighted by atomic mass is 10.1. The van der Waals surface area contributed by atoms with Crippen LogP contribution in [0.3, 0.4) is 0 Å². The van der Waals surface area contributed by atoms with Gasteiger partial charge in [0.15, 0.2) is 5.69 Å². The summed E-state index contributed by atoms with van der Waals surface area (Å²) in [4.78, 5) is 14.2. The Morgan fingerprint density at radius 2 is 2.10 bits per heavy atom. The minimum absolute atomic E-state index is 0.0156. The van der Waals surface area contributed by atoms with Gasteiger partial charge in [0.25, 0.3) is 5.91 Å². The molecule has 1 aromatic carbocycles. The molecular formula is C15H18N4O. The summed E-state index contributed by atoms with van der Waals surface area (Å²) in [6.07, 6.45) is 2.75. The monoisotopic (exact) mass is 270 g/mol. The Kier molecular flexibility index (Phi) is 3.41. The molecule has 0 unspecified atom stereocenters. The zero-order chi connectivity index (χ0) is 13.9. The van der Waals surface area contributed by atoms with Crippen LogP contribution in [0, 0.1) is 0 Å². The second-order valence-electron chi connectivity index (χ2n) is 4.89. The number of aryl methyl sites for hydroxylation is 1. The molecule has 1 amide bonds. The van der Waals surface area contributed by atoms with Gasteiger partial charge >= 0.3 is 0 Å². The van der Waals surface area contributed by atoms with Gasteiger partial charge in [-0.1, -0.05) is 30.3 Å². The van der Waals surface area contributed by atoms with Crippen molar-refractivity contribution in [1.82, 2.24) is 14.7 Å². The van der Waals surface area contributed by atoms with E-state index in [2.05, 4.69) is 22.5 Å². The van der Waals surface area contributed by atoms with Crippen molar-refractivity contribution in [1.29, 1.82) is 0 Å². The third kappa shape index (κ3) is 2.39. The number of fused-ring (bicyclic) bond motifs is 1. The van der Waals surface area contributed by atoms with Crippen LogP contribution in [0.15, 0.2) is 36.5 Å². The molecule has 0 saturated heterocycles. The molecule has 0 spiro atoms. The minimum Gasteiger partial charge on any atom is -0.364 e. The van der Waals surface area contributed by atoms with E-state index in [0.29, 0.717) is 18.9 Å². The summed E-state index contributed by atoms with van der Waals surface area (Å²) in [5.74, 6) is 0.0156. The van der Waals surface area contributed by atoms with Crippen molar-refractivity contribution in [3.05, 3.63) is 47.8 Å². The van der Waals surface area contributed by atoms with Gasteiger partial charge in [-0.3, -0.25) is 9.48 Å². The number of nitrogens with one attached hydrogen (secondary N) is 1. The lowest BCUT2D eigenvalue weighted by molar-refractivity contribution is 0.0753. The quantitative estimate of drug-likeness (QED) is 0.924. The van der Waals surface area contributed by atoms with Crippen LogP contribution < -0.4 is 5.32 Å². The maximum Gasteiger partial charge on any atom is 0.277 e. The molecule has 0 bridgehead atoms. The van der Waals surface area contributed by atoms with Crippen molar-refractivity contribution >= 4 is 11.6 Å². The topological polar surface area (TPSA) is 50.2 Å². The molecule has 2 aromatic rings. The van der Waals surface area contributed by atoms with Crippen LogP contribution in [-0.2, 0) is 13.0 Å². The van der Waals surface area contributed by atoms with Gasteiger partial charge in [0.2, 0.25) is 0 Å². The van der Waals surface area contributed by atoms with Crippen molar-refractivity contribution in [3.63, 3.8) is 0 Å². The number of carbonyl (C=O) groups excluding carboxylic acids is 1. The Morgan fingerprint density at radius 1 is 1.30 bits per heavy atom. The Morgan fingerprint density at radius 3 is 2.85 bits per heavy atom. The Balaban J connectivity index is 1.69. The predicted molar refractivity (Wildman–Crippen MR) is 77.6 cm³/mol. The number of nitrogens with zero attached hydrogens (tertiary/aromatic N) is 3. The number of rotatable bonds is 4. The van der Waals surface area contributed by atoms with E-state index in [1.807, 2.05) is 36.2 Å². The van der Waals surface area contributed by atoms with Crippen LogP contribution in [0.4, 0.5) is 5.69 Å². The van der Waals surface area contributed by atoms with E-state index in [0.717, 1.165) is 18.7 Å². The molecule has 1 N–H and O–H groups in total. The normalized spacial score (nSPS) is 14.1. The van der Waals surface area contributed by atoms with Crippen LogP contribution in [0.25, 0.3) is 0 Å². The van der Waals surface area contributed by atoms with Gasteiger partial charge in [0.05, 0.1) is 12.4 Å². The molecule has 1 aromatic heterocycles. The Hall–Kier alpha value is -2.30. The molecule has 20 heavy (non-hydrogen) atoms. The van der Waals surface area contributed by atoms with Crippen molar-refractivity contribution < 1.29 is 4.79 Å². The van der Waals surface area contributed by atoms with Gasteiger partial charge in [-0.25, -0.2) is 0 Å². The average molecular weight is 270 g/mol. The molecule has 1 aliphatic heterocycles. The fourth-order valence-electron chi connectivity index (χ4n) is 2.36. The SMILES string of the molecule is CCn1cc2c(n1)C(=O)N(CCc1ccccc1)CN2. The molecule has 0 saturated carbocycles. The molecular weight excluding hydrogens is 252 g/mol. The molecule has 3 rings (SSSR count). The number of hydrogen-bond acceptors (Lipinski definition) is 3. The fourth-order valence-corrected chi connectivity index (χ4v) is 2.36. The van der Waals surface area contributed by atoms with Crippen LogP contribution in [0.5, 0.6) is 0 Å². The lowest BCUT2D eigenvalue weighted by Gasteiger charge is -2.27. The second kappa shape index (κ2) is 5.36. The number of hydrogen-bond donors (Lipinski definition) is 1. The zero-order valence-corrected chi connectivity index (χ0v) is 11.5. The van der Waals surface area contributed by atoms with E-state index in [9.17, 15) is 4.79 Å². The van der Waals surface area contributed by atoms with Gasteiger partial charge in [-0.2, -0.15) is 5.10 Å². The van der Waals surface area contributed by atoms with Crippen molar-refractivity contribution in [2.45, 2.75) is 19.9 Å². The molecule has 1 aliphatic rings. The lowest BCUT2D eigenvalue weighted by Crippen LogP contribution is -2.41. The summed E-state index contributed by atoms with van der Waals surface area (Å²) in [5, 5.41) is 7.57. The highest BCUT2D eigenvalue weighted by Crippen LogP contribution is 2.20. The van der Waals surface area contributed by atoms with Crippen LogP contribution >= 0.6 is 0 Å². The van der Waals surface area contributed by atoms with Crippen molar-refractivity contribution in [3.8, 4) is 0 Å². The first-order valence-corrected chi connectivity index (χ1v) is 6.92. The third-order valence-electron chi connectivity index (χ3n) is 3.55. The molecule has 0 aliphatic carbocycles. The maximum atomic E-state index is 12.4. The predicted octanol–water partition coefficient (Wildman–Crippen LogP) is 1.97. The summed E-state index contributed by atoms with van der Waals surface area (Å²) in [5.41, 5.74) is 2.61. The summed E-state index contributed by atoms with van der Waals surface area (Å²) in [6, 6.07) is 10.2. The Bertz CT molecular complexity index is 606. The second-order valence-corrected chi connectivity index (χ2v) is 4.89. The largest absolute Gasteiger partial charge is 0.364 e. The summed E-state index contributed by atoms with van der Waals surface area (Å²) in [6.45, 7) is 4.03. The molecule has 5 heteroatoms. The van der Waals surface area contributed by atoms with Gasteiger partial charge in [-0.15, -0.1) is 0 Å². The molecule has 5 nitrogen and oxygen atoms in total. The molecule has 2 heterocycles. The number of benzene rings is 1. The summed E-state index contributed by atoms with van der Waals surface area (Å²) >= 11 is 0. The van der Waals surface area contributed by atoms with E-state index < -0.39 is 0 Å². The van der Waals surface area contributed by atoms with Crippen LogP contribution in [0.2, 0.25) is 0 Å². The molecule has 104 valence electrons. The summed E-state index contributed by atoms with van der Waals surface area (Å²) in [7, 11) is 0. The van der Waals surface area contributed by atoms with Crippen LogP contribution in [-0.4, -0.2) is 33.8 Å². The zero-order valence-electron chi connectivity index (χ0n) is 11.5.